The monoisotopic (exact) mass is 270 g/mol. The summed E-state index contributed by atoms with van der Waals surface area (Å²) in [6, 6.07) is 1.91. The van der Waals surface area contributed by atoms with Gasteiger partial charge in [0.25, 0.3) is 0 Å². The Bertz CT molecular complexity index is 221. The second-order valence-corrected chi connectivity index (χ2v) is 3.78. The van der Waals surface area contributed by atoms with Crippen molar-refractivity contribution in [2.45, 2.75) is 74.1 Å². The lowest BCUT2D eigenvalue weighted by Crippen LogP contribution is -2.33. The van der Waals surface area contributed by atoms with Gasteiger partial charge in [-0.15, -0.1) is 0 Å². The number of nitriles is 1. The summed E-state index contributed by atoms with van der Waals surface area (Å²) in [5.41, 5.74) is 0. The lowest BCUT2D eigenvalue weighted by atomic mass is 10.1. The SMILES string of the molecule is CC.CC.CC.CC1CCCCN(C(=O)CC#N)C1. The van der Waals surface area contributed by atoms with E-state index >= 15 is 0 Å². The second kappa shape index (κ2) is 19.3. The largest absolute Gasteiger partial charge is 0.342 e. The molecule has 1 unspecified atom stereocenters. The van der Waals surface area contributed by atoms with Crippen molar-refractivity contribution < 1.29 is 4.79 Å². The molecule has 0 bridgehead atoms. The fraction of sp³-hybridized carbons (Fsp3) is 0.875. The highest BCUT2D eigenvalue weighted by Crippen LogP contribution is 2.15. The van der Waals surface area contributed by atoms with Crippen LogP contribution in [0.25, 0.3) is 0 Å². The Labute approximate surface area is 121 Å². The third-order valence-electron chi connectivity index (χ3n) is 2.49. The second-order valence-electron chi connectivity index (χ2n) is 3.78. The summed E-state index contributed by atoms with van der Waals surface area (Å²) in [6.07, 6.45) is 3.53. The summed E-state index contributed by atoms with van der Waals surface area (Å²) in [7, 11) is 0. The van der Waals surface area contributed by atoms with Crippen LogP contribution in [-0.2, 0) is 4.79 Å². The summed E-state index contributed by atoms with van der Waals surface area (Å²) >= 11 is 0. The van der Waals surface area contributed by atoms with E-state index in [2.05, 4.69) is 6.92 Å². The summed E-state index contributed by atoms with van der Waals surface area (Å²) in [6.45, 7) is 15.8. The predicted octanol–water partition coefficient (Wildman–Crippen LogP) is 4.63. The van der Waals surface area contributed by atoms with Gasteiger partial charge >= 0.3 is 0 Å². The molecule has 1 aliphatic heterocycles. The summed E-state index contributed by atoms with van der Waals surface area (Å²) in [5, 5.41) is 8.41. The molecule has 0 aromatic rings. The first-order valence-electron chi connectivity index (χ1n) is 7.88. The number of carbonyl (C=O) groups is 1. The Morgan fingerprint density at radius 3 is 2.16 bits per heavy atom. The standard InChI is InChI=1S/C10H16N2O.3C2H6/c1-9-4-2-3-7-12(8-9)10(13)5-6-11;3*1-2/h9H,2-5,7-8H2,1H3;3*1-2H3. The Morgan fingerprint density at radius 1 is 1.16 bits per heavy atom. The van der Waals surface area contributed by atoms with Gasteiger partial charge in [0.1, 0.15) is 6.42 Å². The fourth-order valence-electron chi connectivity index (χ4n) is 1.76. The van der Waals surface area contributed by atoms with E-state index in [0.29, 0.717) is 5.92 Å². The minimum Gasteiger partial charge on any atom is -0.342 e. The molecule has 0 radical (unpaired) electrons. The van der Waals surface area contributed by atoms with Gasteiger partial charge in [-0.2, -0.15) is 5.26 Å². The van der Waals surface area contributed by atoms with Gasteiger partial charge < -0.3 is 4.90 Å². The predicted molar refractivity (Wildman–Crippen MR) is 83.9 cm³/mol. The molecular weight excluding hydrogens is 236 g/mol. The first-order chi connectivity index (χ1) is 9.24. The molecule has 1 atom stereocenters. The van der Waals surface area contributed by atoms with E-state index < -0.39 is 0 Å². The van der Waals surface area contributed by atoms with Gasteiger partial charge in [-0.05, 0) is 18.8 Å². The topological polar surface area (TPSA) is 44.1 Å². The Hall–Kier alpha value is -1.04. The van der Waals surface area contributed by atoms with Crippen molar-refractivity contribution in [1.29, 1.82) is 5.26 Å². The lowest BCUT2D eigenvalue weighted by Gasteiger charge is -2.21. The number of carbonyl (C=O) groups excluding carboxylic acids is 1. The minimum absolute atomic E-state index is 0.00347. The molecule has 3 nitrogen and oxygen atoms in total. The first kappa shape index (κ1) is 23.1. The number of hydrogen-bond donors (Lipinski definition) is 0. The van der Waals surface area contributed by atoms with Gasteiger partial charge in [-0.1, -0.05) is 54.9 Å². The number of likely N-dealkylation sites (tertiary alicyclic amines) is 1. The molecule has 1 saturated heterocycles. The Kier molecular flexibility index (Phi) is 23.5. The average molecular weight is 270 g/mol. The van der Waals surface area contributed by atoms with E-state index in [9.17, 15) is 4.79 Å². The lowest BCUT2D eigenvalue weighted by molar-refractivity contribution is -0.130. The number of hydrogen-bond acceptors (Lipinski definition) is 2. The summed E-state index contributed by atoms with van der Waals surface area (Å²) in [5.74, 6) is 0.585. The molecule has 3 heteroatoms. The van der Waals surface area contributed by atoms with Crippen molar-refractivity contribution >= 4 is 5.91 Å². The van der Waals surface area contributed by atoms with Crippen LogP contribution >= 0.6 is 0 Å². The van der Waals surface area contributed by atoms with Crippen LogP contribution in [0, 0.1) is 17.2 Å². The average Bonchev–Trinajstić information content (AvgIpc) is 2.70. The first-order valence-corrected chi connectivity index (χ1v) is 7.88. The van der Waals surface area contributed by atoms with Crippen LogP contribution in [0.2, 0.25) is 0 Å². The molecule has 0 saturated carbocycles. The maximum Gasteiger partial charge on any atom is 0.236 e. The van der Waals surface area contributed by atoms with Crippen LogP contribution in [-0.4, -0.2) is 23.9 Å². The van der Waals surface area contributed by atoms with Crippen LogP contribution in [0.5, 0.6) is 0 Å². The summed E-state index contributed by atoms with van der Waals surface area (Å²) < 4.78 is 0. The molecule has 0 spiro atoms. The van der Waals surface area contributed by atoms with Gasteiger partial charge in [-0.3, -0.25) is 4.79 Å². The van der Waals surface area contributed by atoms with Gasteiger partial charge in [0.15, 0.2) is 0 Å². The zero-order valence-corrected chi connectivity index (χ0v) is 14.1. The van der Waals surface area contributed by atoms with E-state index in [4.69, 9.17) is 5.26 Å². The van der Waals surface area contributed by atoms with Gasteiger partial charge in [0, 0.05) is 13.1 Å². The van der Waals surface area contributed by atoms with Crippen molar-refractivity contribution in [3.05, 3.63) is 0 Å². The Morgan fingerprint density at radius 2 is 1.68 bits per heavy atom. The quantitative estimate of drug-likeness (QED) is 0.697. The molecule has 1 aliphatic rings. The molecule has 114 valence electrons. The van der Waals surface area contributed by atoms with E-state index in [-0.39, 0.29) is 12.3 Å². The minimum atomic E-state index is -0.00347. The summed E-state index contributed by atoms with van der Waals surface area (Å²) in [4.78, 5) is 13.2. The molecule has 0 aromatic heterocycles. The molecule has 1 fully saturated rings. The van der Waals surface area contributed by atoms with Crippen LogP contribution < -0.4 is 0 Å². The normalized spacial score (nSPS) is 16.9. The van der Waals surface area contributed by atoms with Gasteiger partial charge in [0.2, 0.25) is 5.91 Å². The van der Waals surface area contributed by atoms with E-state index in [1.807, 2.05) is 52.5 Å². The third kappa shape index (κ3) is 13.2. The van der Waals surface area contributed by atoms with E-state index in [1.165, 1.54) is 12.8 Å². The Balaban J connectivity index is -0.000000375. The van der Waals surface area contributed by atoms with Crippen LogP contribution in [0.15, 0.2) is 0 Å². The number of rotatable bonds is 1. The third-order valence-corrected chi connectivity index (χ3v) is 2.49. The molecule has 0 aliphatic carbocycles. The molecule has 19 heavy (non-hydrogen) atoms. The van der Waals surface area contributed by atoms with Crippen LogP contribution in [0.3, 0.4) is 0 Å². The van der Waals surface area contributed by atoms with E-state index in [0.717, 1.165) is 19.5 Å². The number of amides is 1. The highest BCUT2D eigenvalue weighted by molar-refractivity contribution is 5.78. The highest BCUT2D eigenvalue weighted by Gasteiger charge is 2.18. The molecule has 1 heterocycles. The van der Waals surface area contributed by atoms with Crippen LogP contribution in [0.1, 0.15) is 74.1 Å². The maximum atomic E-state index is 11.4. The smallest absolute Gasteiger partial charge is 0.236 e. The van der Waals surface area contributed by atoms with Crippen molar-refractivity contribution in [3.8, 4) is 6.07 Å². The van der Waals surface area contributed by atoms with Gasteiger partial charge in [0.05, 0.1) is 6.07 Å². The van der Waals surface area contributed by atoms with E-state index in [1.54, 1.807) is 0 Å². The maximum absolute atomic E-state index is 11.4. The molecular formula is C16H34N2O. The van der Waals surface area contributed by atoms with Crippen molar-refractivity contribution in [2.24, 2.45) is 5.92 Å². The zero-order chi connectivity index (χ0) is 15.7. The number of nitrogens with zero attached hydrogens (tertiary/aromatic N) is 2. The zero-order valence-electron chi connectivity index (χ0n) is 14.1. The van der Waals surface area contributed by atoms with Crippen molar-refractivity contribution in [1.82, 2.24) is 4.90 Å². The molecule has 0 aromatic carbocycles. The molecule has 1 amide bonds. The van der Waals surface area contributed by atoms with Crippen LogP contribution in [0.4, 0.5) is 0 Å². The highest BCUT2D eigenvalue weighted by atomic mass is 16.2. The van der Waals surface area contributed by atoms with Crippen molar-refractivity contribution in [3.63, 3.8) is 0 Å². The van der Waals surface area contributed by atoms with Gasteiger partial charge in [-0.25, -0.2) is 0 Å². The van der Waals surface area contributed by atoms with Crippen molar-refractivity contribution in [2.75, 3.05) is 13.1 Å². The molecule has 1 rings (SSSR count). The molecule has 0 N–H and O–H groups in total. The fourth-order valence-corrected chi connectivity index (χ4v) is 1.76.